The summed E-state index contributed by atoms with van der Waals surface area (Å²) in [7, 11) is 0. The van der Waals surface area contributed by atoms with Crippen LogP contribution in [0.1, 0.15) is 5.56 Å². The van der Waals surface area contributed by atoms with Crippen LogP contribution in [0.2, 0.25) is 0 Å². The van der Waals surface area contributed by atoms with Crippen molar-refractivity contribution in [1.82, 2.24) is 0 Å². The molecule has 1 heterocycles. The van der Waals surface area contributed by atoms with Crippen molar-refractivity contribution in [2.24, 2.45) is 0 Å². The Morgan fingerprint density at radius 2 is 1.85 bits per heavy atom. The zero-order valence-electron chi connectivity index (χ0n) is 14.3. The predicted octanol–water partition coefficient (Wildman–Crippen LogP) is 4.70. The second kappa shape index (κ2) is 8.47. The van der Waals surface area contributed by atoms with Crippen molar-refractivity contribution in [1.29, 1.82) is 0 Å². The number of halogens is 2. The van der Waals surface area contributed by atoms with E-state index in [1.54, 1.807) is 37.3 Å². The molecule has 2 aromatic carbocycles. The minimum atomic E-state index is -0.337. The molecule has 4 nitrogen and oxygen atoms in total. The average molecular weight is 421 g/mol. The maximum Gasteiger partial charge on any atom is 0.196 e. The highest BCUT2D eigenvalue weighted by Gasteiger charge is 2.13. The van der Waals surface area contributed by atoms with Gasteiger partial charge < -0.3 is 13.9 Å². The van der Waals surface area contributed by atoms with E-state index in [4.69, 9.17) is 13.9 Å². The van der Waals surface area contributed by atoms with Gasteiger partial charge in [-0.3, -0.25) is 4.79 Å². The van der Waals surface area contributed by atoms with E-state index in [2.05, 4.69) is 15.9 Å². The summed E-state index contributed by atoms with van der Waals surface area (Å²) in [6, 6.07) is 11.0. The van der Waals surface area contributed by atoms with Gasteiger partial charge in [0.1, 0.15) is 29.5 Å². The highest BCUT2D eigenvalue weighted by molar-refractivity contribution is 9.09. The molecule has 136 valence electrons. The van der Waals surface area contributed by atoms with Crippen LogP contribution < -0.4 is 10.2 Å². The Kier molecular flexibility index (Phi) is 6.06. The second-order valence-electron chi connectivity index (χ2n) is 5.70. The third kappa shape index (κ3) is 4.14. The van der Waals surface area contributed by atoms with Crippen LogP contribution >= 0.6 is 15.9 Å². The smallest absolute Gasteiger partial charge is 0.196 e. The summed E-state index contributed by atoms with van der Waals surface area (Å²) < 4.78 is 30.0. The Morgan fingerprint density at radius 3 is 2.58 bits per heavy atom. The molecule has 0 saturated heterocycles. The van der Waals surface area contributed by atoms with E-state index in [1.165, 1.54) is 12.1 Å². The summed E-state index contributed by atoms with van der Waals surface area (Å²) >= 11 is 3.28. The van der Waals surface area contributed by atoms with Crippen molar-refractivity contribution in [3.63, 3.8) is 0 Å². The van der Waals surface area contributed by atoms with Gasteiger partial charge in [-0.1, -0.05) is 15.9 Å². The van der Waals surface area contributed by atoms with Crippen molar-refractivity contribution < 1.29 is 18.3 Å². The average Bonchev–Trinajstić information content (AvgIpc) is 2.65. The molecule has 3 rings (SSSR count). The van der Waals surface area contributed by atoms with Gasteiger partial charge in [0.15, 0.2) is 5.43 Å². The molecule has 26 heavy (non-hydrogen) atoms. The van der Waals surface area contributed by atoms with Crippen LogP contribution in [0, 0.1) is 12.7 Å². The fourth-order valence-electron chi connectivity index (χ4n) is 2.61. The molecule has 6 heteroatoms. The second-order valence-corrected chi connectivity index (χ2v) is 6.49. The number of alkyl halides is 1. The molecular formula is C20H18BrFO4. The number of fused-ring (bicyclic) bond motifs is 1. The maximum absolute atomic E-state index is 13.1. The van der Waals surface area contributed by atoms with Gasteiger partial charge in [-0.05, 0) is 49.4 Å². The fourth-order valence-corrected chi connectivity index (χ4v) is 2.84. The van der Waals surface area contributed by atoms with E-state index in [-0.39, 0.29) is 11.2 Å². The highest BCUT2D eigenvalue weighted by atomic mass is 79.9. The lowest BCUT2D eigenvalue weighted by Crippen LogP contribution is -2.09. The molecule has 0 N–H and O–H groups in total. The van der Waals surface area contributed by atoms with E-state index >= 15 is 0 Å². The van der Waals surface area contributed by atoms with E-state index < -0.39 is 0 Å². The van der Waals surface area contributed by atoms with Crippen LogP contribution in [-0.2, 0) is 4.74 Å². The van der Waals surface area contributed by atoms with Gasteiger partial charge in [0, 0.05) is 16.5 Å². The van der Waals surface area contributed by atoms with Gasteiger partial charge >= 0.3 is 0 Å². The van der Waals surface area contributed by atoms with Crippen molar-refractivity contribution in [2.45, 2.75) is 6.92 Å². The standard InChI is InChI=1S/C20H18BrFO4/c1-13-19(23)17-12-16(25-11-10-24-9-8-21)6-7-18(17)26-20(13)14-2-4-15(22)5-3-14/h2-7,12H,8-11H2,1H3. The third-order valence-electron chi connectivity index (χ3n) is 3.91. The maximum atomic E-state index is 13.1. The van der Waals surface area contributed by atoms with E-state index in [1.807, 2.05) is 0 Å². The first-order valence-electron chi connectivity index (χ1n) is 8.20. The van der Waals surface area contributed by atoms with Gasteiger partial charge in [0.05, 0.1) is 18.6 Å². The summed E-state index contributed by atoms with van der Waals surface area (Å²) in [6.45, 7) is 3.19. The van der Waals surface area contributed by atoms with Crippen LogP contribution in [-0.4, -0.2) is 25.2 Å². The van der Waals surface area contributed by atoms with Crippen LogP contribution in [0.15, 0.2) is 51.7 Å². The predicted molar refractivity (Wildman–Crippen MR) is 103 cm³/mol. The molecule has 0 saturated carbocycles. The number of hydrogen-bond acceptors (Lipinski definition) is 4. The molecule has 0 fully saturated rings. The molecule has 0 aliphatic rings. The minimum Gasteiger partial charge on any atom is -0.491 e. The molecule has 0 amide bonds. The van der Waals surface area contributed by atoms with Crippen molar-refractivity contribution >= 4 is 26.9 Å². The molecule has 1 aromatic heterocycles. The first kappa shape index (κ1) is 18.6. The Hall–Kier alpha value is -2.18. The molecule has 0 bridgehead atoms. The number of hydrogen-bond donors (Lipinski definition) is 0. The SMILES string of the molecule is Cc1c(-c2ccc(F)cc2)oc2ccc(OCCOCCBr)cc2c1=O. The van der Waals surface area contributed by atoms with Gasteiger partial charge in [0.2, 0.25) is 0 Å². The Labute approximate surface area is 158 Å². The number of benzene rings is 2. The van der Waals surface area contributed by atoms with E-state index in [0.29, 0.717) is 53.4 Å². The zero-order chi connectivity index (χ0) is 18.5. The van der Waals surface area contributed by atoms with Gasteiger partial charge in [-0.2, -0.15) is 0 Å². The first-order chi connectivity index (χ1) is 12.6. The first-order valence-corrected chi connectivity index (χ1v) is 9.32. The van der Waals surface area contributed by atoms with Gasteiger partial charge in [-0.25, -0.2) is 4.39 Å². The van der Waals surface area contributed by atoms with Crippen molar-refractivity contribution in [3.05, 3.63) is 64.1 Å². The molecule has 3 aromatic rings. The van der Waals surface area contributed by atoms with E-state index in [0.717, 1.165) is 5.33 Å². The number of ether oxygens (including phenoxy) is 2. The minimum absolute atomic E-state index is 0.133. The summed E-state index contributed by atoms with van der Waals surface area (Å²) in [5, 5.41) is 1.23. The highest BCUT2D eigenvalue weighted by Crippen LogP contribution is 2.27. The molecule has 0 aliphatic heterocycles. The van der Waals surface area contributed by atoms with Crippen LogP contribution in [0.25, 0.3) is 22.3 Å². The lowest BCUT2D eigenvalue weighted by Gasteiger charge is -2.10. The normalized spacial score (nSPS) is 11.0. The number of rotatable bonds is 7. The van der Waals surface area contributed by atoms with Gasteiger partial charge in [-0.15, -0.1) is 0 Å². The van der Waals surface area contributed by atoms with Crippen molar-refractivity contribution in [2.75, 3.05) is 25.2 Å². The molecular weight excluding hydrogens is 403 g/mol. The van der Waals surface area contributed by atoms with Gasteiger partial charge in [0.25, 0.3) is 0 Å². The molecule has 0 spiro atoms. The largest absolute Gasteiger partial charge is 0.491 e. The summed E-state index contributed by atoms with van der Waals surface area (Å²) in [5.41, 5.74) is 1.46. The van der Waals surface area contributed by atoms with Crippen LogP contribution in [0.3, 0.4) is 0 Å². The quantitative estimate of drug-likeness (QED) is 0.410. The topological polar surface area (TPSA) is 48.7 Å². The summed E-state index contributed by atoms with van der Waals surface area (Å²) in [6.07, 6.45) is 0. The Balaban J connectivity index is 1.89. The van der Waals surface area contributed by atoms with Crippen molar-refractivity contribution in [3.8, 4) is 17.1 Å². The molecule has 0 aliphatic carbocycles. The Morgan fingerprint density at radius 1 is 1.08 bits per heavy atom. The zero-order valence-corrected chi connectivity index (χ0v) is 15.8. The molecule has 0 unspecified atom stereocenters. The fraction of sp³-hybridized carbons (Fsp3) is 0.250. The van der Waals surface area contributed by atoms with E-state index in [9.17, 15) is 9.18 Å². The summed E-state index contributed by atoms with van der Waals surface area (Å²) in [4.78, 5) is 12.7. The Bertz CT molecular complexity index is 950. The van der Waals surface area contributed by atoms with Crippen LogP contribution in [0.4, 0.5) is 4.39 Å². The lowest BCUT2D eigenvalue weighted by atomic mass is 10.1. The third-order valence-corrected chi connectivity index (χ3v) is 4.24. The molecule has 0 atom stereocenters. The lowest BCUT2D eigenvalue weighted by molar-refractivity contribution is 0.112. The molecule has 0 radical (unpaired) electrons. The monoisotopic (exact) mass is 420 g/mol. The summed E-state index contributed by atoms with van der Waals surface area (Å²) in [5.74, 6) is 0.692. The van der Waals surface area contributed by atoms with Crippen LogP contribution in [0.5, 0.6) is 5.75 Å².